The van der Waals surface area contributed by atoms with Gasteiger partial charge in [-0.3, -0.25) is 15.0 Å². The third kappa shape index (κ3) is 3.36. The third-order valence-corrected chi connectivity index (χ3v) is 2.27. The molecule has 0 spiro atoms. The SMILES string of the molecule is COc1ccc(CNC(=O)C(=O)NN)c(OC)c1. The normalized spacial score (nSPS) is 9.50. The number of methoxy groups -OCH3 is 2. The number of benzene rings is 1. The molecule has 4 N–H and O–H groups in total. The van der Waals surface area contributed by atoms with Crippen LogP contribution < -0.4 is 26.1 Å². The van der Waals surface area contributed by atoms with Gasteiger partial charge in [-0.05, 0) is 12.1 Å². The molecule has 0 saturated heterocycles. The van der Waals surface area contributed by atoms with Crippen LogP contribution in [0.15, 0.2) is 18.2 Å². The summed E-state index contributed by atoms with van der Waals surface area (Å²) >= 11 is 0. The predicted molar refractivity (Wildman–Crippen MR) is 63.7 cm³/mol. The standard InChI is InChI=1S/C11H15N3O4/c1-17-8-4-3-7(9(5-8)18-2)6-13-10(15)11(16)14-12/h3-5H,6,12H2,1-2H3,(H,13,15)(H,14,16). The molecule has 0 atom stereocenters. The first kappa shape index (κ1) is 13.8. The van der Waals surface area contributed by atoms with Crippen LogP contribution in [-0.4, -0.2) is 26.0 Å². The first-order valence-corrected chi connectivity index (χ1v) is 5.12. The van der Waals surface area contributed by atoms with Crippen molar-refractivity contribution in [2.45, 2.75) is 6.54 Å². The van der Waals surface area contributed by atoms with Crippen molar-refractivity contribution in [1.82, 2.24) is 10.7 Å². The summed E-state index contributed by atoms with van der Waals surface area (Å²) in [4.78, 5) is 22.1. The lowest BCUT2D eigenvalue weighted by Gasteiger charge is -2.10. The zero-order valence-electron chi connectivity index (χ0n) is 10.1. The summed E-state index contributed by atoms with van der Waals surface area (Å²) in [6.07, 6.45) is 0. The van der Waals surface area contributed by atoms with Crippen molar-refractivity contribution in [3.63, 3.8) is 0 Å². The van der Waals surface area contributed by atoms with E-state index in [1.807, 2.05) is 0 Å². The minimum Gasteiger partial charge on any atom is -0.497 e. The number of hydrogen-bond donors (Lipinski definition) is 3. The zero-order chi connectivity index (χ0) is 13.5. The van der Waals surface area contributed by atoms with Crippen LogP contribution in [-0.2, 0) is 16.1 Å². The molecule has 1 aromatic rings. The Balaban J connectivity index is 2.73. The molecular formula is C11H15N3O4. The van der Waals surface area contributed by atoms with Gasteiger partial charge in [0.15, 0.2) is 0 Å². The highest BCUT2D eigenvalue weighted by Gasteiger charge is 2.12. The van der Waals surface area contributed by atoms with E-state index in [-0.39, 0.29) is 6.54 Å². The molecule has 2 amide bonds. The molecule has 0 aromatic heterocycles. The second kappa shape index (κ2) is 6.45. The molecule has 0 aliphatic carbocycles. The van der Waals surface area contributed by atoms with Crippen LogP contribution in [0.2, 0.25) is 0 Å². The lowest BCUT2D eigenvalue weighted by Crippen LogP contribution is -2.42. The van der Waals surface area contributed by atoms with E-state index in [0.29, 0.717) is 11.5 Å². The summed E-state index contributed by atoms with van der Waals surface area (Å²) in [5.74, 6) is 4.32. The number of hydrogen-bond acceptors (Lipinski definition) is 5. The first-order valence-electron chi connectivity index (χ1n) is 5.12. The Morgan fingerprint density at radius 2 is 1.94 bits per heavy atom. The smallest absolute Gasteiger partial charge is 0.323 e. The zero-order valence-corrected chi connectivity index (χ0v) is 10.1. The molecule has 0 heterocycles. The van der Waals surface area contributed by atoms with Crippen molar-refractivity contribution in [2.75, 3.05) is 14.2 Å². The minimum absolute atomic E-state index is 0.152. The summed E-state index contributed by atoms with van der Waals surface area (Å²) in [6, 6.07) is 5.15. The topological polar surface area (TPSA) is 103 Å². The van der Waals surface area contributed by atoms with Crippen LogP contribution in [0, 0.1) is 0 Å². The number of nitrogens with one attached hydrogen (secondary N) is 2. The highest BCUT2D eigenvalue weighted by molar-refractivity contribution is 6.34. The molecule has 18 heavy (non-hydrogen) atoms. The molecule has 0 aliphatic heterocycles. The Hall–Kier alpha value is -2.28. The first-order chi connectivity index (χ1) is 8.62. The van der Waals surface area contributed by atoms with Gasteiger partial charge in [0.2, 0.25) is 0 Å². The van der Waals surface area contributed by atoms with Gasteiger partial charge in [-0.15, -0.1) is 0 Å². The van der Waals surface area contributed by atoms with Crippen LogP contribution in [0.3, 0.4) is 0 Å². The molecule has 1 rings (SSSR count). The van der Waals surface area contributed by atoms with Crippen molar-refractivity contribution in [1.29, 1.82) is 0 Å². The van der Waals surface area contributed by atoms with Crippen LogP contribution >= 0.6 is 0 Å². The Labute approximate surface area is 104 Å². The molecule has 98 valence electrons. The van der Waals surface area contributed by atoms with E-state index in [1.165, 1.54) is 7.11 Å². The Morgan fingerprint density at radius 3 is 2.50 bits per heavy atom. The second-order valence-electron chi connectivity index (χ2n) is 3.33. The van der Waals surface area contributed by atoms with Crippen LogP contribution in [0.1, 0.15) is 5.56 Å². The van der Waals surface area contributed by atoms with Crippen LogP contribution in [0.4, 0.5) is 0 Å². The van der Waals surface area contributed by atoms with Crippen molar-refractivity contribution >= 4 is 11.8 Å². The number of carbonyl (C=O) groups is 2. The van der Waals surface area contributed by atoms with Gasteiger partial charge in [-0.25, -0.2) is 5.84 Å². The maximum Gasteiger partial charge on any atom is 0.323 e. The molecule has 0 bridgehead atoms. The van der Waals surface area contributed by atoms with Gasteiger partial charge in [-0.1, -0.05) is 0 Å². The Bertz CT molecular complexity index is 448. The molecule has 0 unspecified atom stereocenters. The lowest BCUT2D eigenvalue weighted by molar-refractivity contribution is -0.139. The van der Waals surface area contributed by atoms with E-state index in [0.717, 1.165) is 5.56 Å². The average Bonchev–Trinajstić information content (AvgIpc) is 2.43. The molecular weight excluding hydrogens is 238 g/mol. The predicted octanol–water partition coefficient (Wildman–Crippen LogP) is -0.690. The van der Waals surface area contributed by atoms with E-state index >= 15 is 0 Å². The number of nitrogens with two attached hydrogens (primary N) is 1. The fourth-order valence-corrected chi connectivity index (χ4v) is 1.32. The van der Waals surface area contributed by atoms with E-state index in [2.05, 4.69) is 5.32 Å². The Morgan fingerprint density at radius 1 is 1.22 bits per heavy atom. The molecule has 1 aromatic carbocycles. The van der Waals surface area contributed by atoms with Crippen molar-refractivity contribution < 1.29 is 19.1 Å². The lowest BCUT2D eigenvalue weighted by atomic mass is 10.2. The fourth-order valence-electron chi connectivity index (χ4n) is 1.32. The van der Waals surface area contributed by atoms with E-state index < -0.39 is 11.8 Å². The van der Waals surface area contributed by atoms with Gasteiger partial charge in [0.25, 0.3) is 0 Å². The quantitative estimate of drug-likeness (QED) is 0.285. The third-order valence-electron chi connectivity index (χ3n) is 2.27. The highest BCUT2D eigenvalue weighted by Crippen LogP contribution is 2.24. The largest absolute Gasteiger partial charge is 0.497 e. The summed E-state index contributed by atoms with van der Waals surface area (Å²) in [5, 5.41) is 2.41. The summed E-state index contributed by atoms with van der Waals surface area (Å²) in [5.41, 5.74) is 2.46. The maximum atomic E-state index is 11.2. The summed E-state index contributed by atoms with van der Waals surface area (Å²) in [6.45, 7) is 0.152. The van der Waals surface area contributed by atoms with Crippen LogP contribution in [0.25, 0.3) is 0 Å². The van der Waals surface area contributed by atoms with Gasteiger partial charge in [0, 0.05) is 18.2 Å². The molecule has 0 fully saturated rings. The molecule has 0 saturated carbocycles. The number of ether oxygens (including phenoxy) is 2. The van der Waals surface area contributed by atoms with Crippen molar-refractivity contribution in [3.8, 4) is 11.5 Å². The van der Waals surface area contributed by atoms with Crippen molar-refractivity contribution in [2.24, 2.45) is 5.84 Å². The van der Waals surface area contributed by atoms with Gasteiger partial charge in [0.05, 0.1) is 14.2 Å². The molecule has 7 nitrogen and oxygen atoms in total. The Kier molecular flexibility index (Phi) is 4.94. The number of amides is 2. The monoisotopic (exact) mass is 253 g/mol. The minimum atomic E-state index is -0.900. The molecule has 0 radical (unpaired) electrons. The molecule has 7 heteroatoms. The van der Waals surface area contributed by atoms with E-state index in [4.69, 9.17) is 15.3 Å². The van der Waals surface area contributed by atoms with E-state index in [1.54, 1.807) is 30.7 Å². The van der Waals surface area contributed by atoms with Crippen molar-refractivity contribution in [3.05, 3.63) is 23.8 Å². The summed E-state index contributed by atoms with van der Waals surface area (Å²) < 4.78 is 10.2. The van der Waals surface area contributed by atoms with Gasteiger partial charge >= 0.3 is 11.8 Å². The average molecular weight is 253 g/mol. The number of hydrazine groups is 1. The van der Waals surface area contributed by atoms with Gasteiger partial charge in [0.1, 0.15) is 11.5 Å². The maximum absolute atomic E-state index is 11.2. The van der Waals surface area contributed by atoms with Gasteiger partial charge < -0.3 is 14.8 Å². The second-order valence-corrected chi connectivity index (χ2v) is 3.33. The molecule has 0 aliphatic rings. The number of rotatable bonds is 4. The number of carbonyl (C=O) groups excluding carboxylic acids is 2. The highest BCUT2D eigenvalue weighted by atomic mass is 16.5. The van der Waals surface area contributed by atoms with E-state index in [9.17, 15) is 9.59 Å². The fraction of sp³-hybridized carbons (Fsp3) is 0.273. The van der Waals surface area contributed by atoms with Gasteiger partial charge in [-0.2, -0.15) is 0 Å². The summed E-state index contributed by atoms with van der Waals surface area (Å²) in [7, 11) is 3.05. The van der Waals surface area contributed by atoms with Crippen LogP contribution in [0.5, 0.6) is 11.5 Å².